The number of rotatable bonds is 4. The number of aliphatic hydroxyl groups is 1. The number of carbonyl (C=O) groups excluding carboxylic acids is 1. The van der Waals surface area contributed by atoms with Gasteiger partial charge in [-0.15, -0.1) is 0 Å². The fourth-order valence-electron chi connectivity index (χ4n) is 0.878. The average Bonchev–Trinajstić information content (AvgIpc) is 2.15. The summed E-state index contributed by atoms with van der Waals surface area (Å²) in [6, 6.07) is 1.54. The highest BCUT2D eigenvalue weighted by Crippen LogP contribution is 2.16. The Morgan fingerprint density at radius 1 is 1.69 bits per heavy atom. The van der Waals surface area contributed by atoms with Crippen LogP contribution in [0.2, 0.25) is 5.15 Å². The second kappa shape index (κ2) is 4.79. The third kappa shape index (κ3) is 2.68. The number of aldehydes is 1. The molecule has 5 heteroatoms. The van der Waals surface area contributed by atoms with Crippen LogP contribution in [0.15, 0.2) is 12.3 Å². The van der Waals surface area contributed by atoms with Crippen LogP contribution < -0.4 is 5.32 Å². The van der Waals surface area contributed by atoms with Crippen molar-refractivity contribution < 1.29 is 9.90 Å². The highest BCUT2D eigenvalue weighted by Gasteiger charge is 2.01. The lowest BCUT2D eigenvalue weighted by atomic mass is 10.2. The molecule has 1 heterocycles. The summed E-state index contributed by atoms with van der Waals surface area (Å²) < 4.78 is 0. The molecule has 1 aromatic heterocycles. The molecular formula is C8H9ClN2O2. The second-order valence-corrected chi connectivity index (χ2v) is 2.75. The van der Waals surface area contributed by atoms with Gasteiger partial charge in [0.2, 0.25) is 0 Å². The van der Waals surface area contributed by atoms with Crippen LogP contribution >= 0.6 is 11.6 Å². The number of aromatic nitrogens is 1. The van der Waals surface area contributed by atoms with Crippen molar-refractivity contribution in [2.24, 2.45) is 0 Å². The van der Waals surface area contributed by atoms with Crippen LogP contribution in [0.5, 0.6) is 0 Å². The van der Waals surface area contributed by atoms with E-state index < -0.39 is 0 Å². The van der Waals surface area contributed by atoms with E-state index >= 15 is 0 Å². The van der Waals surface area contributed by atoms with Crippen LogP contribution in [0.4, 0.5) is 5.69 Å². The molecule has 0 atom stereocenters. The van der Waals surface area contributed by atoms with Crippen molar-refractivity contribution in [2.75, 3.05) is 18.5 Å². The fraction of sp³-hybridized carbons (Fsp3) is 0.250. The van der Waals surface area contributed by atoms with Gasteiger partial charge in [-0.2, -0.15) is 0 Å². The number of nitrogens with zero attached hydrogens (tertiary/aromatic N) is 1. The quantitative estimate of drug-likeness (QED) is 0.561. The van der Waals surface area contributed by atoms with E-state index in [1.807, 2.05) is 0 Å². The van der Waals surface area contributed by atoms with Crippen LogP contribution in [0.25, 0.3) is 0 Å². The Hall–Kier alpha value is -1.13. The lowest BCUT2D eigenvalue weighted by Crippen LogP contribution is -2.07. The number of aliphatic hydroxyl groups excluding tert-OH is 1. The van der Waals surface area contributed by atoms with Crippen molar-refractivity contribution in [1.82, 2.24) is 4.98 Å². The molecule has 0 unspecified atom stereocenters. The molecule has 70 valence electrons. The first kappa shape index (κ1) is 9.95. The SMILES string of the molecule is O=Cc1cnc(Cl)cc1NCCO. The Kier molecular flexibility index (Phi) is 3.67. The van der Waals surface area contributed by atoms with Crippen molar-refractivity contribution in [2.45, 2.75) is 0 Å². The monoisotopic (exact) mass is 200 g/mol. The number of halogens is 1. The van der Waals surface area contributed by atoms with E-state index in [4.69, 9.17) is 16.7 Å². The maximum atomic E-state index is 10.5. The van der Waals surface area contributed by atoms with Crippen LogP contribution in [0.3, 0.4) is 0 Å². The Morgan fingerprint density at radius 3 is 3.08 bits per heavy atom. The molecule has 0 aliphatic heterocycles. The van der Waals surface area contributed by atoms with Crippen molar-refractivity contribution in [3.05, 3.63) is 23.0 Å². The number of nitrogens with one attached hydrogen (secondary N) is 1. The number of anilines is 1. The number of hydrogen-bond donors (Lipinski definition) is 2. The van der Waals surface area contributed by atoms with E-state index in [0.29, 0.717) is 29.2 Å². The Morgan fingerprint density at radius 2 is 2.46 bits per heavy atom. The molecule has 4 nitrogen and oxygen atoms in total. The maximum absolute atomic E-state index is 10.5. The zero-order valence-corrected chi connectivity index (χ0v) is 7.58. The lowest BCUT2D eigenvalue weighted by Gasteiger charge is -2.06. The molecular weight excluding hydrogens is 192 g/mol. The van der Waals surface area contributed by atoms with E-state index in [-0.39, 0.29) is 6.61 Å². The minimum atomic E-state index is -0.00175. The van der Waals surface area contributed by atoms with Crippen LogP contribution in [-0.4, -0.2) is 29.5 Å². The molecule has 0 aliphatic rings. The highest BCUT2D eigenvalue weighted by molar-refractivity contribution is 6.29. The minimum Gasteiger partial charge on any atom is -0.395 e. The zero-order chi connectivity index (χ0) is 9.68. The summed E-state index contributed by atoms with van der Waals surface area (Å²) in [4.78, 5) is 14.3. The second-order valence-electron chi connectivity index (χ2n) is 2.36. The molecule has 0 spiro atoms. The van der Waals surface area contributed by atoms with Gasteiger partial charge in [-0.25, -0.2) is 4.98 Å². The van der Waals surface area contributed by atoms with Gasteiger partial charge < -0.3 is 10.4 Å². The number of pyridine rings is 1. The van der Waals surface area contributed by atoms with Gasteiger partial charge in [0.25, 0.3) is 0 Å². The highest BCUT2D eigenvalue weighted by atomic mass is 35.5. The molecule has 2 N–H and O–H groups in total. The summed E-state index contributed by atoms with van der Waals surface area (Å²) in [5.74, 6) is 0. The Bertz CT molecular complexity index is 304. The maximum Gasteiger partial charge on any atom is 0.153 e. The standard InChI is InChI=1S/C8H9ClN2O2/c9-8-3-7(10-1-2-12)6(5-13)4-11-8/h3-5,12H,1-2H2,(H,10,11). The van der Waals surface area contributed by atoms with Gasteiger partial charge in [0.15, 0.2) is 6.29 Å². The summed E-state index contributed by atoms with van der Waals surface area (Å²) in [5, 5.41) is 11.7. The van der Waals surface area contributed by atoms with Gasteiger partial charge in [0, 0.05) is 18.4 Å². The van der Waals surface area contributed by atoms with E-state index in [1.54, 1.807) is 6.07 Å². The van der Waals surface area contributed by atoms with Crippen molar-refractivity contribution in [1.29, 1.82) is 0 Å². The lowest BCUT2D eigenvalue weighted by molar-refractivity contribution is 0.112. The van der Waals surface area contributed by atoms with Crippen LogP contribution in [-0.2, 0) is 0 Å². The van der Waals surface area contributed by atoms with E-state index in [1.165, 1.54) is 6.20 Å². The van der Waals surface area contributed by atoms with E-state index in [0.717, 1.165) is 0 Å². The van der Waals surface area contributed by atoms with Crippen LogP contribution in [0.1, 0.15) is 10.4 Å². The first-order chi connectivity index (χ1) is 6.27. The first-order valence-corrected chi connectivity index (χ1v) is 4.11. The van der Waals surface area contributed by atoms with Gasteiger partial charge in [0.05, 0.1) is 12.2 Å². The summed E-state index contributed by atoms with van der Waals surface area (Å²) in [6.45, 7) is 0.374. The third-order valence-electron chi connectivity index (χ3n) is 1.46. The average molecular weight is 201 g/mol. The summed E-state index contributed by atoms with van der Waals surface area (Å²) in [6.07, 6.45) is 2.07. The van der Waals surface area contributed by atoms with Crippen LogP contribution in [0, 0.1) is 0 Å². The molecule has 0 amide bonds. The van der Waals surface area contributed by atoms with Gasteiger partial charge >= 0.3 is 0 Å². The molecule has 0 saturated heterocycles. The minimum absolute atomic E-state index is 0.00175. The van der Waals surface area contributed by atoms with Gasteiger partial charge in [-0.1, -0.05) is 11.6 Å². The summed E-state index contributed by atoms with van der Waals surface area (Å²) >= 11 is 5.62. The molecule has 1 rings (SSSR count). The molecule has 13 heavy (non-hydrogen) atoms. The third-order valence-corrected chi connectivity index (χ3v) is 1.66. The zero-order valence-electron chi connectivity index (χ0n) is 6.83. The molecule has 0 radical (unpaired) electrons. The molecule has 0 bridgehead atoms. The van der Waals surface area contributed by atoms with Gasteiger partial charge in [-0.3, -0.25) is 4.79 Å². The number of hydrogen-bond acceptors (Lipinski definition) is 4. The normalized spacial score (nSPS) is 9.69. The molecule has 1 aromatic rings. The number of carbonyl (C=O) groups is 1. The fourth-order valence-corrected chi connectivity index (χ4v) is 1.04. The summed E-state index contributed by atoms with van der Waals surface area (Å²) in [5.41, 5.74) is 1.02. The predicted molar refractivity (Wildman–Crippen MR) is 50.2 cm³/mol. The van der Waals surface area contributed by atoms with Gasteiger partial charge in [0.1, 0.15) is 5.15 Å². The molecule has 0 aliphatic carbocycles. The van der Waals surface area contributed by atoms with Crippen molar-refractivity contribution in [3.8, 4) is 0 Å². The molecule has 0 fully saturated rings. The first-order valence-electron chi connectivity index (χ1n) is 3.73. The topological polar surface area (TPSA) is 62.2 Å². The van der Waals surface area contributed by atoms with Crippen molar-refractivity contribution >= 4 is 23.6 Å². The van der Waals surface area contributed by atoms with E-state index in [9.17, 15) is 4.79 Å². The Labute approximate surface area is 80.6 Å². The van der Waals surface area contributed by atoms with Crippen molar-refractivity contribution in [3.63, 3.8) is 0 Å². The predicted octanol–water partition coefficient (Wildman–Crippen LogP) is 0.952. The largest absolute Gasteiger partial charge is 0.395 e. The smallest absolute Gasteiger partial charge is 0.153 e. The van der Waals surface area contributed by atoms with Gasteiger partial charge in [-0.05, 0) is 6.07 Å². The van der Waals surface area contributed by atoms with E-state index in [2.05, 4.69) is 10.3 Å². The molecule has 0 aromatic carbocycles. The Balaban J connectivity index is 2.87. The molecule has 0 saturated carbocycles. The summed E-state index contributed by atoms with van der Waals surface area (Å²) in [7, 11) is 0.